The number of carbonyl (C=O) groups is 1. The molecule has 1 rings (SSSR count). The van der Waals surface area contributed by atoms with E-state index in [2.05, 4.69) is 5.32 Å². The molecule has 0 fully saturated rings. The monoisotopic (exact) mass is 235 g/mol. The quantitative estimate of drug-likeness (QED) is 0.840. The Kier molecular flexibility index (Phi) is 4.29. The summed E-state index contributed by atoms with van der Waals surface area (Å²) >= 11 is 0. The van der Waals surface area contributed by atoms with Gasteiger partial charge in [0.2, 0.25) is 0 Å². The lowest BCUT2D eigenvalue weighted by Gasteiger charge is -2.29. The van der Waals surface area contributed by atoms with Gasteiger partial charge in [0.15, 0.2) is 0 Å². The fourth-order valence-electron chi connectivity index (χ4n) is 1.51. The maximum atomic E-state index is 12.1. The van der Waals surface area contributed by atoms with Crippen molar-refractivity contribution in [2.24, 2.45) is 0 Å². The average molecular weight is 235 g/mol. The van der Waals surface area contributed by atoms with Gasteiger partial charge in [-0.1, -0.05) is 25.1 Å². The van der Waals surface area contributed by atoms with Crippen LogP contribution in [0.3, 0.4) is 0 Å². The molecule has 0 spiro atoms. The van der Waals surface area contributed by atoms with Gasteiger partial charge in [-0.15, -0.1) is 0 Å². The Hall–Kier alpha value is -1.35. The van der Waals surface area contributed by atoms with Gasteiger partial charge in [0, 0.05) is 5.56 Å². The van der Waals surface area contributed by atoms with Crippen LogP contribution in [0.4, 0.5) is 0 Å². The van der Waals surface area contributed by atoms with Crippen LogP contribution in [0.5, 0.6) is 0 Å². The number of hydrogen-bond acceptors (Lipinski definition) is 2. The maximum absolute atomic E-state index is 12.1. The number of carbonyl (C=O) groups excluding carboxylic acids is 1. The second kappa shape index (κ2) is 5.32. The Balaban J connectivity index is 2.91. The zero-order valence-electron chi connectivity index (χ0n) is 10.9. The smallest absolute Gasteiger partial charge is 0.252 e. The van der Waals surface area contributed by atoms with Crippen LogP contribution < -0.4 is 5.32 Å². The van der Waals surface area contributed by atoms with E-state index in [1.807, 2.05) is 45.0 Å². The van der Waals surface area contributed by atoms with E-state index in [-0.39, 0.29) is 5.91 Å². The minimum Gasteiger partial charge on any atom is -0.391 e. The van der Waals surface area contributed by atoms with Gasteiger partial charge in [-0.05, 0) is 38.8 Å². The molecule has 1 aromatic carbocycles. The van der Waals surface area contributed by atoms with Crippen molar-refractivity contribution in [1.29, 1.82) is 0 Å². The molecule has 0 radical (unpaired) electrons. The van der Waals surface area contributed by atoms with E-state index in [0.717, 1.165) is 12.0 Å². The van der Waals surface area contributed by atoms with Crippen molar-refractivity contribution >= 4 is 5.91 Å². The molecule has 1 amide bonds. The molecule has 0 aromatic heterocycles. The molecule has 0 heterocycles. The molecule has 1 atom stereocenters. The number of aliphatic hydroxyl groups is 1. The number of hydrogen-bond donors (Lipinski definition) is 2. The molecular formula is C14H21NO2. The molecule has 3 heteroatoms. The molecule has 0 saturated carbocycles. The van der Waals surface area contributed by atoms with Crippen LogP contribution in [0.15, 0.2) is 24.3 Å². The fraction of sp³-hybridized carbons (Fsp3) is 0.500. The van der Waals surface area contributed by atoms with Crippen LogP contribution >= 0.6 is 0 Å². The maximum Gasteiger partial charge on any atom is 0.252 e. The van der Waals surface area contributed by atoms with Gasteiger partial charge in [0.1, 0.15) is 0 Å². The number of amides is 1. The molecule has 17 heavy (non-hydrogen) atoms. The third-order valence-electron chi connectivity index (χ3n) is 3.12. The van der Waals surface area contributed by atoms with Crippen molar-refractivity contribution in [2.75, 3.05) is 0 Å². The molecule has 3 nitrogen and oxygen atoms in total. The highest BCUT2D eigenvalue weighted by atomic mass is 16.3. The second-order valence-electron chi connectivity index (χ2n) is 4.86. The normalized spacial score (nSPS) is 13.2. The average Bonchev–Trinajstić information content (AvgIpc) is 2.28. The van der Waals surface area contributed by atoms with Crippen LogP contribution in [-0.4, -0.2) is 22.7 Å². The minimum atomic E-state index is -0.627. The summed E-state index contributed by atoms with van der Waals surface area (Å²) in [6.07, 6.45) is 0.221. The van der Waals surface area contributed by atoms with Crippen molar-refractivity contribution in [3.05, 3.63) is 35.4 Å². The first-order valence-electron chi connectivity index (χ1n) is 5.97. The lowest BCUT2D eigenvalue weighted by atomic mass is 9.97. The summed E-state index contributed by atoms with van der Waals surface area (Å²) < 4.78 is 0. The third kappa shape index (κ3) is 3.30. The van der Waals surface area contributed by atoms with Gasteiger partial charge >= 0.3 is 0 Å². The summed E-state index contributed by atoms with van der Waals surface area (Å²) in [5.41, 5.74) is 1.08. The van der Waals surface area contributed by atoms with Gasteiger partial charge in [-0.3, -0.25) is 4.79 Å². The Morgan fingerprint density at radius 3 is 2.53 bits per heavy atom. The fourth-order valence-corrected chi connectivity index (χ4v) is 1.51. The van der Waals surface area contributed by atoms with Crippen LogP contribution in [0.25, 0.3) is 0 Å². The number of nitrogens with one attached hydrogen (secondary N) is 1. The van der Waals surface area contributed by atoms with Crippen molar-refractivity contribution in [2.45, 2.75) is 45.8 Å². The number of aryl methyl sites for hydroxylation is 1. The number of rotatable bonds is 4. The second-order valence-corrected chi connectivity index (χ2v) is 4.86. The standard InChI is InChI=1S/C14H21NO2/c1-5-11-8-6-7-9-12(11)13(17)15-14(3,4)10(2)16/h6-10,16H,5H2,1-4H3,(H,15,17). The molecule has 0 bridgehead atoms. The van der Waals surface area contributed by atoms with E-state index in [1.54, 1.807) is 6.92 Å². The van der Waals surface area contributed by atoms with E-state index >= 15 is 0 Å². The zero-order valence-corrected chi connectivity index (χ0v) is 10.9. The molecule has 1 aromatic rings. The molecule has 0 aliphatic heterocycles. The summed E-state index contributed by atoms with van der Waals surface area (Å²) in [5, 5.41) is 12.4. The molecule has 94 valence electrons. The summed E-state index contributed by atoms with van der Waals surface area (Å²) in [7, 11) is 0. The van der Waals surface area contributed by atoms with E-state index in [1.165, 1.54) is 0 Å². The van der Waals surface area contributed by atoms with Gasteiger partial charge in [-0.2, -0.15) is 0 Å². The molecule has 0 saturated heterocycles. The Labute approximate surface area is 103 Å². The van der Waals surface area contributed by atoms with Gasteiger partial charge in [0.05, 0.1) is 11.6 Å². The Bertz CT molecular complexity index is 397. The number of aliphatic hydroxyl groups excluding tert-OH is 1. The first-order chi connectivity index (χ1) is 7.88. The molecule has 2 N–H and O–H groups in total. The summed E-state index contributed by atoms with van der Waals surface area (Å²) in [6.45, 7) is 7.31. The van der Waals surface area contributed by atoms with Gasteiger partial charge < -0.3 is 10.4 Å². The number of benzene rings is 1. The van der Waals surface area contributed by atoms with Crippen LogP contribution in [-0.2, 0) is 6.42 Å². The first-order valence-corrected chi connectivity index (χ1v) is 5.97. The third-order valence-corrected chi connectivity index (χ3v) is 3.12. The van der Waals surface area contributed by atoms with E-state index < -0.39 is 11.6 Å². The highest BCUT2D eigenvalue weighted by Gasteiger charge is 2.26. The Morgan fingerprint density at radius 2 is 2.00 bits per heavy atom. The summed E-state index contributed by atoms with van der Waals surface area (Å²) in [4.78, 5) is 12.1. The van der Waals surface area contributed by atoms with Gasteiger partial charge in [-0.25, -0.2) is 0 Å². The topological polar surface area (TPSA) is 49.3 Å². The molecule has 0 aliphatic rings. The summed E-state index contributed by atoms with van der Waals surface area (Å²) in [5.74, 6) is -0.131. The van der Waals surface area contributed by atoms with Crippen molar-refractivity contribution in [3.63, 3.8) is 0 Å². The largest absolute Gasteiger partial charge is 0.391 e. The zero-order chi connectivity index (χ0) is 13.1. The molecular weight excluding hydrogens is 214 g/mol. The first kappa shape index (κ1) is 13.7. The lowest BCUT2D eigenvalue weighted by Crippen LogP contribution is -2.51. The van der Waals surface area contributed by atoms with Crippen LogP contribution in [0, 0.1) is 0 Å². The highest BCUT2D eigenvalue weighted by molar-refractivity contribution is 5.96. The predicted octanol–water partition coefficient (Wildman–Crippen LogP) is 2.14. The van der Waals surface area contributed by atoms with E-state index in [9.17, 15) is 9.90 Å². The summed E-state index contributed by atoms with van der Waals surface area (Å²) in [6, 6.07) is 7.54. The Morgan fingerprint density at radius 1 is 1.41 bits per heavy atom. The van der Waals surface area contributed by atoms with Crippen molar-refractivity contribution in [1.82, 2.24) is 5.32 Å². The van der Waals surface area contributed by atoms with Crippen LogP contribution in [0.2, 0.25) is 0 Å². The van der Waals surface area contributed by atoms with Crippen LogP contribution in [0.1, 0.15) is 43.6 Å². The molecule has 1 unspecified atom stereocenters. The minimum absolute atomic E-state index is 0.131. The highest BCUT2D eigenvalue weighted by Crippen LogP contribution is 2.13. The van der Waals surface area contributed by atoms with E-state index in [4.69, 9.17) is 0 Å². The van der Waals surface area contributed by atoms with Crippen molar-refractivity contribution < 1.29 is 9.90 Å². The van der Waals surface area contributed by atoms with E-state index in [0.29, 0.717) is 5.56 Å². The van der Waals surface area contributed by atoms with Gasteiger partial charge in [0.25, 0.3) is 5.91 Å². The lowest BCUT2D eigenvalue weighted by molar-refractivity contribution is 0.0708. The van der Waals surface area contributed by atoms with Crippen molar-refractivity contribution in [3.8, 4) is 0 Å². The predicted molar refractivity (Wildman–Crippen MR) is 69.0 cm³/mol. The SMILES string of the molecule is CCc1ccccc1C(=O)NC(C)(C)C(C)O. The molecule has 0 aliphatic carbocycles.